The average molecular weight is 392 g/mol. The Balaban J connectivity index is 1.83. The van der Waals surface area contributed by atoms with Gasteiger partial charge in [0.15, 0.2) is 0 Å². The van der Waals surface area contributed by atoms with Gasteiger partial charge in [-0.3, -0.25) is 9.10 Å². The van der Waals surface area contributed by atoms with E-state index in [1.54, 1.807) is 24.3 Å². The topological polar surface area (TPSA) is 84.9 Å². The fourth-order valence-electron chi connectivity index (χ4n) is 2.36. The summed E-state index contributed by atoms with van der Waals surface area (Å²) in [6, 6.07) is 16.2. The Morgan fingerprint density at radius 3 is 2.33 bits per heavy atom. The first-order valence-corrected chi connectivity index (χ1v) is 10.2. The number of benzene rings is 2. The molecule has 0 unspecified atom stereocenters. The maximum absolute atomic E-state index is 12.1. The van der Waals surface area contributed by atoms with Gasteiger partial charge in [0.25, 0.3) is 0 Å². The highest BCUT2D eigenvalue weighted by Crippen LogP contribution is 2.21. The predicted octanol–water partition coefficient (Wildman–Crippen LogP) is 1.79. The van der Waals surface area contributed by atoms with Gasteiger partial charge >= 0.3 is 0 Å². The third kappa shape index (κ3) is 6.92. The molecule has 2 rings (SSSR count). The van der Waals surface area contributed by atoms with E-state index in [2.05, 4.69) is 5.32 Å². The first-order chi connectivity index (χ1) is 12.9. The molecule has 27 heavy (non-hydrogen) atoms. The molecule has 0 aliphatic heterocycles. The van der Waals surface area contributed by atoms with Crippen LogP contribution in [0, 0.1) is 0 Å². The van der Waals surface area contributed by atoms with Gasteiger partial charge in [0.05, 0.1) is 32.3 Å². The van der Waals surface area contributed by atoms with Gasteiger partial charge in [-0.2, -0.15) is 0 Å². The lowest BCUT2D eigenvalue weighted by Crippen LogP contribution is -2.41. The zero-order valence-electron chi connectivity index (χ0n) is 15.4. The lowest BCUT2D eigenvalue weighted by molar-refractivity contribution is -0.119. The molecule has 0 bridgehead atoms. The molecule has 0 radical (unpaired) electrons. The van der Waals surface area contributed by atoms with E-state index in [1.165, 1.54) is 7.11 Å². The summed E-state index contributed by atoms with van der Waals surface area (Å²) in [4.78, 5) is 12.1. The van der Waals surface area contributed by atoms with Crippen LogP contribution in [0.4, 0.5) is 5.69 Å². The molecule has 8 heteroatoms. The van der Waals surface area contributed by atoms with Crippen LogP contribution in [0.3, 0.4) is 0 Å². The molecule has 2 aromatic rings. The minimum atomic E-state index is -3.60. The van der Waals surface area contributed by atoms with Crippen LogP contribution in [0.1, 0.15) is 5.56 Å². The number of ether oxygens (including phenoxy) is 2. The molecule has 0 heterocycles. The number of nitrogens with one attached hydrogen (secondary N) is 1. The highest BCUT2D eigenvalue weighted by Gasteiger charge is 2.20. The van der Waals surface area contributed by atoms with E-state index in [9.17, 15) is 13.2 Å². The molecular formula is C19H24N2O5S. The van der Waals surface area contributed by atoms with Crippen molar-refractivity contribution in [1.29, 1.82) is 0 Å². The second-order valence-electron chi connectivity index (χ2n) is 5.86. The second-order valence-corrected chi connectivity index (χ2v) is 7.76. The molecule has 7 nitrogen and oxygen atoms in total. The normalized spacial score (nSPS) is 11.0. The van der Waals surface area contributed by atoms with Crippen molar-refractivity contribution in [2.75, 3.05) is 37.4 Å². The molecular weight excluding hydrogens is 368 g/mol. The van der Waals surface area contributed by atoms with Crippen molar-refractivity contribution >= 4 is 21.6 Å². The first-order valence-electron chi connectivity index (χ1n) is 8.40. The number of anilines is 1. The second kappa shape index (κ2) is 9.94. The fraction of sp³-hybridized carbons (Fsp3) is 0.316. The summed E-state index contributed by atoms with van der Waals surface area (Å²) in [5, 5.41) is 2.67. The number of carbonyl (C=O) groups is 1. The lowest BCUT2D eigenvalue weighted by Gasteiger charge is -2.22. The average Bonchev–Trinajstić information content (AvgIpc) is 2.66. The van der Waals surface area contributed by atoms with E-state index < -0.39 is 15.9 Å². The van der Waals surface area contributed by atoms with Gasteiger partial charge in [0.1, 0.15) is 12.3 Å². The van der Waals surface area contributed by atoms with Crippen molar-refractivity contribution < 1.29 is 22.7 Å². The highest BCUT2D eigenvalue weighted by atomic mass is 32.2. The van der Waals surface area contributed by atoms with E-state index in [4.69, 9.17) is 9.47 Å². The maximum Gasteiger partial charge on any atom is 0.240 e. The zero-order chi connectivity index (χ0) is 19.7. The number of amides is 1. The minimum absolute atomic E-state index is 0.298. The first kappa shape index (κ1) is 20.7. The molecule has 1 N–H and O–H groups in total. The minimum Gasteiger partial charge on any atom is -0.497 e. The van der Waals surface area contributed by atoms with Gasteiger partial charge in [-0.05, 0) is 29.8 Å². The van der Waals surface area contributed by atoms with Crippen molar-refractivity contribution in [3.63, 3.8) is 0 Å². The fourth-order valence-corrected chi connectivity index (χ4v) is 3.22. The Kier molecular flexibility index (Phi) is 7.63. The molecule has 0 saturated carbocycles. The standard InChI is InChI=1S/C19H24N2O5S/c1-25-18-10-8-17(9-11-18)21(27(2,23)24)14-19(22)20-12-13-26-15-16-6-4-3-5-7-16/h3-11H,12-15H2,1-2H3,(H,20,22). The monoisotopic (exact) mass is 392 g/mol. The smallest absolute Gasteiger partial charge is 0.240 e. The largest absolute Gasteiger partial charge is 0.497 e. The summed E-state index contributed by atoms with van der Waals surface area (Å²) in [6.45, 7) is 0.787. The van der Waals surface area contributed by atoms with E-state index in [1.807, 2.05) is 30.3 Å². The Hall–Kier alpha value is -2.58. The van der Waals surface area contributed by atoms with E-state index >= 15 is 0 Å². The summed E-state index contributed by atoms with van der Waals surface area (Å²) in [5.41, 5.74) is 1.44. The third-order valence-corrected chi connectivity index (χ3v) is 4.87. The zero-order valence-corrected chi connectivity index (χ0v) is 16.2. The van der Waals surface area contributed by atoms with Crippen LogP contribution in [0.5, 0.6) is 5.75 Å². The molecule has 0 aromatic heterocycles. The van der Waals surface area contributed by atoms with Crippen LogP contribution >= 0.6 is 0 Å². The van der Waals surface area contributed by atoms with Crippen molar-refractivity contribution in [2.24, 2.45) is 0 Å². The van der Waals surface area contributed by atoms with Gasteiger partial charge in [-0.15, -0.1) is 0 Å². The van der Waals surface area contributed by atoms with Crippen LogP contribution in [0.25, 0.3) is 0 Å². The molecule has 0 atom stereocenters. The number of carbonyl (C=O) groups excluding carboxylic acids is 1. The lowest BCUT2D eigenvalue weighted by atomic mass is 10.2. The van der Waals surface area contributed by atoms with Crippen LogP contribution < -0.4 is 14.4 Å². The number of rotatable bonds is 10. The SMILES string of the molecule is COc1ccc(N(CC(=O)NCCOCc2ccccc2)S(C)(=O)=O)cc1. The Morgan fingerprint density at radius 1 is 1.07 bits per heavy atom. The summed E-state index contributed by atoms with van der Waals surface area (Å²) < 4.78 is 35.7. The van der Waals surface area contributed by atoms with Crippen LogP contribution in [0.2, 0.25) is 0 Å². The van der Waals surface area contributed by atoms with Crippen molar-refractivity contribution in [2.45, 2.75) is 6.61 Å². The quantitative estimate of drug-likeness (QED) is 0.623. The van der Waals surface area contributed by atoms with Gasteiger partial charge in [-0.1, -0.05) is 30.3 Å². The molecule has 0 saturated heterocycles. The van der Waals surface area contributed by atoms with Crippen molar-refractivity contribution in [1.82, 2.24) is 5.32 Å². The molecule has 146 valence electrons. The summed E-state index contributed by atoms with van der Waals surface area (Å²) in [7, 11) is -2.08. The number of methoxy groups -OCH3 is 1. The summed E-state index contributed by atoms with van der Waals surface area (Å²) in [5.74, 6) is 0.201. The molecule has 1 amide bonds. The number of hydrogen-bond acceptors (Lipinski definition) is 5. The number of hydrogen-bond donors (Lipinski definition) is 1. The summed E-state index contributed by atoms with van der Waals surface area (Å²) >= 11 is 0. The summed E-state index contributed by atoms with van der Waals surface area (Å²) in [6.07, 6.45) is 1.06. The Bertz CT molecular complexity index is 823. The number of sulfonamides is 1. The molecule has 0 spiro atoms. The van der Waals surface area contributed by atoms with Gasteiger partial charge in [-0.25, -0.2) is 8.42 Å². The van der Waals surface area contributed by atoms with Gasteiger partial charge < -0.3 is 14.8 Å². The highest BCUT2D eigenvalue weighted by molar-refractivity contribution is 7.92. The molecule has 0 aliphatic carbocycles. The molecule has 0 fully saturated rings. The van der Waals surface area contributed by atoms with Crippen molar-refractivity contribution in [3.8, 4) is 5.75 Å². The third-order valence-electron chi connectivity index (χ3n) is 3.73. The van der Waals surface area contributed by atoms with Gasteiger partial charge in [0, 0.05) is 6.54 Å². The van der Waals surface area contributed by atoms with Crippen molar-refractivity contribution in [3.05, 3.63) is 60.2 Å². The number of nitrogens with zero attached hydrogens (tertiary/aromatic N) is 1. The van der Waals surface area contributed by atoms with Crippen LogP contribution in [-0.2, 0) is 26.2 Å². The molecule has 2 aromatic carbocycles. The maximum atomic E-state index is 12.1. The van der Waals surface area contributed by atoms with Crippen LogP contribution in [0.15, 0.2) is 54.6 Å². The predicted molar refractivity (Wildman–Crippen MR) is 104 cm³/mol. The van der Waals surface area contributed by atoms with Gasteiger partial charge in [0.2, 0.25) is 15.9 Å². The van der Waals surface area contributed by atoms with E-state index in [0.29, 0.717) is 31.2 Å². The Labute approximate surface area is 160 Å². The van der Waals surface area contributed by atoms with Crippen LogP contribution in [-0.4, -0.2) is 47.4 Å². The molecule has 0 aliphatic rings. The van der Waals surface area contributed by atoms with E-state index in [0.717, 1.165) is 16.1 Å². The Morgan fingerprint density at radius 2 is 1.74 bits per heavy atom. The van der Waals surface area contributed by atoms with E-state index in [-0.39, 0.29) is 6.54 Å².